The van der Waals surface area contributed by atoms with Crippen LogP contribution in [0.15, 0.2) is 29.4 Å². The number of hydrogen-bond donors (Lipinski definition) is 2. The van der Waals surface area contributed by atoms with Gasteiger partial charge < -0.3 is 15.5 Å². The van der Waals surface area contributed by atoms with Crippen LogP contribution in [-0.2, 0) is 6.54 Å². The summed E-state index contributed by atoms with van der Waals surface area (Å²) in [6, 6.07) is 6.46. The molecule has 0 spiro atoms. The van der Waals surface area contributed by atoms with Crippen LogP contribution >= 0.6 is 24.0 Å². The lowest BCUT2D eigenvalue weighted by Crippen LogP contribution is -2.55. The summed E-state index contributed by atoms with van der Waals surface area (Å²) >= 11 is 0. The third-order valence-corrected chi connectivity index (χ3v) is 4.72. The predicted molar refractivity (Wildman–Crippen MR) is 120 cm³/mol. The molecule has 1 unspecified atom stereocenters. The minimum atomic E-state index is 0. The number of nitrogens with zero attached hydrogens (tertiary/aromatic N) is 4. The Hall–Kier alpha value is -0.930. The van der Waals surface area contributed by atoms with Gasteiger partial charge in [-0.15, -0.1) is 24.0 Å². The van der Waals surface area contributed by atoms with Crippen molar-refractivity contribution < 1.29 is 0 Å². The highest BCUT2D eigenvalue weighted by atomic mass is 127. The Bertz CT molecular complexity index is 514. The van der Waals surface area contributed by atoms with Crippen LogP contribution in [0.25, 0.3) is 0 Å². The lowest BCUT2D eigenvalue weighted by molar-refractivity contribution is 0.0900. The molecule has 1 aromatic heterocycles. The number of likely N-dealkylation sites (N-methyl/N-ethyl adjacent to an activating group) is 1. The molecule has 1 aliphatic heterocycles. The van der Waals surface area contributed by atoms with Gasteiger partial charge in [0.05, 0.1) is 12.2 Å². The number of halogens is 1. The van der Waals surface area contributed by atoms with Crippen LogP contribution < -0.4 is 10.6 Å². The second kappa shape index (κ2) is 12.5. The summed E-state index contributed by atoms with van der Waals surface area (Å²) in [7, 11) is 2.20. The molecule has 0 radical (unpaired) electrons. The fourth-order valence-corrected chi connectivity index (χ4v) is 3.13. The molecule has 148 valence electrons. The van der Waals surface area contributed by atoms with Crippen LogP contribution in [0.3, 0.4) is 0 Å². The van der Waals surface area contributed by atoms with Crippen molar-refractivity contribution >= 4 is 29.9 Å². The SMILES string of the molecule is CCNC(=NCc1ccccn1)NCC(C(C)C)N1CCN(C)CC1.I. The third kappa shape index (κ3) is 7.75. The van der Waals surface area contributed by atoms with Crippen molar-refractivity contribution in [1.82, 2.24) is 25.4 Å². The highest BCUT2D eigenvalue weighted by molar-refractivity contribution is 14.0. The number of piperazine rings is 1. The van der Waals surface area contributed by atoms with E-state index in [4.69, 9.17) is 0 Å². The minimum absolute atomic E-state index is 0. The summed E-state index contributed by atoms with van der Waals surface area (Å²) in [5.74, 6) is 1.47. The van der Waals surface area contributed by atoms with E-state index in [0.29, 0.717) is 18.5 Å². The van der Waals surface area contributed by atoms with Gasteiger partial charge in [0.1, 0.15) is 0 Å². The summed E-state index contributed by atoms with van der Waals surface area (Å²) in [5, 5.41) is 6.88. The van der Waals surface area contributed by atoms with Crippen molar-refractivity contribution in [3.05, 3.63) is 30.1 Å². The molecular weight excluding hydrogens is 439 g/mol. The molecule has 6 nitrogen and oxygen atoms in total. The smallest absolute Gasteiger partial charge is 0.191 e. The lowest BCUT2D eigenvalue weighted by atomic mass is 10.0. The zero-order chi connectivity index (χ0) is 18.1. The van der Waals surface area contributed by atoms with Crippen LogP contribution in [0.1, 0.15) is 26.5 Å². The molecule has 1 atom stereocenters. The van der Waals surface area contributed by atoms with E-state index in [1.165, 1.54) is 0 Å². The highest BCUT2D eigenvalue weighted by Gasteiger charge is 2.24. The summed E-state index contributed by atoms with van der Waals surface area (Å²) in [6.45, 7) is 13.7. The van der Waals surface area contributed by atoms with Crippen LogP contribution in [0.5, 0.6) is 0 Å². The fourth-order valence-electron chi connectivity index (χ4n) is 3.13. The van der Waals surface area contributed by atoms with E-state index in [9.17, 15) is 0 Å². The van der Waals surface area contributed by atoms with Crippen molar-refractivity contribution in [2.24, 2.45) is 10.9 Å². The van der Waals surface area contributed by atoms with Crippen molar-refractivity contribution in [1.29, 1.82) is 0 Å². The molecule has 1 aromatic rings. The number of guanidine groups is 1. The van der Waals surface area contributed by atoms with E-state index in [2.05, 4.69) is 58.2 Å². The molecule has 0 aromatic carbocycles. The first kappa shape index (κ1) is 23.1. The molecule has 0 bridgehead atoms. The first-order chi connectivity index (χ1) is 12.1. The fraction of sp³-hybridized carbons (Fsp3) is 0.684. The third-order valence-electron chi connectivity index (χ3n) is 4.72. The molecule has 2 heterocycles. The molecule has 0 amide bonds. The molecule has 7 heteroatoms. The van der Waals surface area contributed by atoms with E-state index < -0.39 is 0 Å². The second-order valence-corrected chi connectivity index (χ2v) is 7.05. The van der Waals surface area contributed by atoms with Gasteiger partial charge in [0.25, 0.3) is 0 Å². The molecule has 0 aliphatic carbocycles. The lowest BCUT2D eigenvalue weighted by Gasteiger charge is -2.40. The molecule has 26 heavy (non-hydrogen) atoms. The summed E-state index contributed by atoms with van der Waals surface area (Å²) in [4.78, 5) is 14.0. The standard InChI is InChI=1S/C19H34N6.HI/c1-5-20-19(22-14-17-8-6-7-9-21-17)23-15-18(16(2)3)25-12-10-24(4)11-13-25;/h6-9,16,18H,5,10-15H2,1-4H3,(H2,20,22,23);1H. The van der Waals surface area contributed by atoms with Gasteiger partial charge in [-0.3, -0.25) is 9.88 Å². The topological polar surface area (TPSA) is 55.8 Å². The van der Waals surface area contributed by atoms with Crippen molar-refractivity contribution in [3.63, 3.8) is 0 Å². The van der Waals surface area contributed by atoms with Crippen LogP contribution in [0.4, 0.5) is 0 Å². The number of hydrogen-bond acceptors (Lipinski definition) is 4. The highest BCUT2D eigenvalue weighted by Crippen LogP contribution is 2.12. The molecule has 2 rings (SSSR count). The Morgan fingerprint density at radius 1 is 1.19 bits per heavy atom. The Balaban J connectivity index is 0.00000338. The first-order valence-electron chi connectivity index (χ1n) is 9.44. The number of aromatic nitrogens is 1. The molecule has 1 fully saturated rings. The Morgan fingerprint density at radius 3 is 2.50 bits per heavy atom. The van der Waals surface area contributed by atoms with E-state index in [1.807, 2.05) is 24.4 Å². The molecule has 0 saturated carbocycles. The van der Waals surface area contributed by atoms with Gasteiger partial charge in [0.2, 0.25) is 0 Å². The maximum atomic E-state index is 4.68. The Morgan fingerprint density at radius 2 is 1.92 bits per heavy atom. The number of pyridine rings is 1. The average molecular weight is 474 g/mol. The van der Waals surface area contributed by atoms with E-state index in [1.54, 1.807) is 0 Å². The van der Waals surface area contributed by atoms with Gasteiger partial charge in [-0.2, -0.15) is 0 Å². The van der Waals surface area contributed by atoms with Crippen molar-refractivity contribution in [3.8, 4) is 0 Å². The van der Waals surface area contributed by atoms with E-state index >= 15 is 0 Å². The summed E-state index contributed by atoms with van der Waals surface area (Å²) in [6.07, 6.45) is 1.81. The number of nitrogens with one attached hydrogen (secondary N) is 2. The molecular formula is C19H35IN6. The first-order valence-corrected chi connectivity index (χ1v) is 9.44. The van der Waals surface area contributed by atoms with Gasteiger partial charge >= 0.3 is 0 Å². The largest absolute Gasteiger partial charge is 0.357 e. The van der Waals surface area contributed by atoms with E-state index in [-0.39, 0.29) is 24.0 Å². The predicted octanol–water partition coefficient (Wildman–Crippen LogP) is 2.03. The van der Waals surface area contributed by atoms with Crippen LogP contribution in [0.2, 0.25) is 0 Å². The zero-order valence-electron chi connectivity index (χ0n) is 16.6. The maximum absolute atomic E-state index is 4.68. The summed E-state index contributed by atoms with van der Waals surface area (Å²) < 4.78 is 0. The van der Waals surface area contributed by atoms with Gasteiger partial charge in [0.15, 0.2) is 5.96 Å². The normalized spacial score (nSPS) is 17.7. The quantitative estimate of drug-likeness (QED) is 0.360. The molecule has 1 aliphatic rings. The number of aliphatic imine (C=N–C) groups is 1. The average Bonchev–Trinajstić information content (AvgIpc) is 2.62. The van der Waals surface area contributed by atoms with Gasteiger partial charge in [-0.05, 0) is 32.0 Å². The molecule has 2 N–H and O–H groups in total. The maximum Gasteiger partial charge on any atom is 0.191 e. The van der Waals surface area contributed by atoms with Crippen molar-refractivity contribution in [2.45, 2.75) is 33.4 Å². The number of rotatable bonds is 7. The summed E-state index contributed by atoms with van der Waals surface area (Å²) in [5.41, 5.74) is 0.985. The zero-order valence-corrected chi connectivity index (χ0v) is 18.9. The van der Waals surface area contributed by atoms with Crippen LogP contribution in [-0.4, -0.2) is 73.1 Å². The minimum Gasteiger partial charge on any atom is -0.357 e. The van der Waals surface area contributed by atoms with Gasteiger partial charge in [0, 0.05) is 51.5 Å². The molecule has 1 saturated heterocycles. The van der Waals surface area contributed by atoms with Gasteiger partial charge in [-0.25, -0.2) is 4.99 Å². The van der Waals surface area contributed by atoms with E-state index in [0.717, 1.165) is 50.9 Å². The van der Waals surface area contributed by atoms with Gasteiger partial charge in [-0.1, -0.05) is 19.9 Å². The van der Waals surface area contributed by atoms with Crippen LogP contribution in [0, 0.1) is 5.92 Å². The Labute approximate surface area is 175 Å². The monoisotopic (exact) mass is 474 g/mol. The second-order valence-electron chi connectivity index (χ2n) is 7.05. The Kier molecular flexibility index (Phi) is 11.1. The van der Waals surface area contributed by atoms with Crippen molar-refractivity contribution in [2.75, 3.05) is 46.3 Å².